The van der Waals surface area contributed by atoms with E-state index in [1.807, 2.05) is 0 Å². The van der Waals surface area contributed by atoms with Crippen molar-refractivity contribution in [1.29, 1.82) is 0 Å². The van der Waals surface area contributed by atoms with E-state index in [1.165, 1.54) is 6.42 Å². The molecule has 3 nitrogen and oxygen atoms in total. The molecule has 104 valence electrons. The Morgan fingerprint density at radius 3 is 2.44 bits per heavy atom. The first kappa shape index (κ1) is 12.9. The highest BCUT2D eigenvalue weighted by atomic mass is 16.6. The number of hydrogen-bond donors (Lipinski definition) is 2. The SMILES string of the molecule is CC1(C)CCCC2(C)C1C(O)C1OC1(C)C2CO. The fourth-order valence-electron chi connectivity index (χ4n) is 5.52. The summed E-state index contributed by atoms with van der Waals surface area (Å²) < 4.78 is 5.82. The highest BCUT2D eigenvalue weighted by Crippen LogP contribution is 2.67. The summed E-state index contributed by atoms with van der Waals surface area (Å²) in [4.78, 5) is 0. The molecular weight excluding hydrogens is 228 g/mol. The van der Waals surface area contributed by atoms with Gasteiger partial charge in [0.2, 0.25) is 0 Å². The zero-order chi connectivity index (χ0) is 13.3. The summed E-state index contributed by atoms with van der Waals surface area (Å²) in [5, 5.41) is 20.5. The number of aliphatic hydroxyl groups is 2. The Morgan fingerprint density at radius 1 is 1.17 bits per heavy atom. The van der Waals surface area contributed by atoms with Gasteiger partial charge in [0.05, 0.1) is 6.10 Å². The third-order valence-electron chi connectivity index (χ3n) is 6.30. The second kappa shape index (κ2) is 3.50. The van der Waals surface area contributed by atoms with Crippen molar-refractivity contribution in [3.8, 4) is 0 Å². The Labute approximate surface area is 110 Å². The van der Waals surface area contributed by atoms with Crippen LogP contribution in [-0.2, 0) is 4.74 Å². The molecule has 0 aromatic carbocycles. The molecule has 1 aliphatic heterocycles. The van der Waals surface area contributed by atoms with Crippen molar-refractivity contribution in [2.75, 3.05) is 6.61 Å². The standard InChI is InChI=1S/C15H26O3/c1-13(2)6-5-7-14(3)9(8-16)15(4)12(18-15)10(17)11(13)14/h9-12,16-17H,5-8H2,1-4H3. The third kappa shape index (κ3) is 1.36. The molecule has 0 aromatic rings. The van der Waals surface area contributed by atoms with Gasteiger partial charge in [0, 0.05) is 12.5 Å². The average Bonchev–Trinajstić information content (AvgIpc) is 2.89. The smallest absolute Gasteiger partial charge is 0.114 e. The molecule has 2 N–H and O–H groups in total. The predicted octanol–water partition coefficient (Wildman–Crippen LogP) is 1.96. The van der Waals surface area contributed by atoms with Crippen molar-refractivity contribution in [1.82, 2.24) is 0 Å². The van der Waals surface area contributed by atoms with Crippen LogP contribution in [-0.4, -0.2) is 34.6 Å². The normalized spacial score (nSPS) is 57.7. The van der Waals surface area contributed by atoms with E-state index >= 15 is 0 Å². The molecule has 3 rings (SSSR count). The molecule has 0 radical (unpaired) electrons. The monoisotopic (exact) mass is 254 g/mol. The van der Waals surface area contributed by atoms with Crippen LogP contribution in [0.4, 0.5) is 0 Å². The van der Waals surface area contributed by atoms with Gasteiger partial charge >= 0.3 is 0 Å². The summed E-state index contributed by atoms with van der Waals surface area (Å²) in [6, 6.07) is 0. The fourth-order valence-corrected chi connectivity index (χ4v) is 5.52. The van der Waals surface area contributed by atoms with Crippen LogP contribution >= 0.6 is 0 Å². The Bertz CT molecular complexity index is 367. The van der Waals surface area contributed by atoms with Crippen molar-refractivity contribution >= 4 is 0 Å². The lowest BCUT2D eigenvalue weighted by Crippen LogP contribution is -2.61. The van der Waals surface area contributed by atoms with Crippen LogP contribution < -0.4 is 0 Å². The van der Waals surface area contributed by atoms with Crippen LogP contribution in [0, 0.1) is 22.7 Å². The molecule has 6 unspecified atom stereocenters. The predicted molar refractivity (Wildman–Crippen MR) is 69.1 cm³/mol. The number of fused-ring (bicyclic) bond motifs is 2. The van der Waals surface area contributed by atoms with Crippen molar-refractivity contribution in [3.63, 3.8) is 0 Å². The lowest BCUT2D eigenvalue weighted by atomic mass is 9.46. The Balaban J connectivity index is 2.05. The molecule has 0 aromatic heterocycles. The molecule has 0 amide bonds. The fraction of sp³-hybridized carbons (Fsp3) is 1.00. The summed E-state index contributed by atoms with van der Waals surface area (Å²) in [6.07, 6.45) is 2.99. The van der Waals surface area contributed by atoms with E-state index in [0.29, 0.717) is 0 Å². The summed E-state index contributed by atoms with van der Waals surface area (Å²) in [6.45, 7) is 9.01. The first-order valence-corrected chi connectivity index (χ1v) is 7.24. The summed E-state index contributed by atoms with van der Waals surface area (Å²) >= 11 is 0. The minimum Gasteiger partial charge on any atom is -0.396 e. The zero-order valence-corrected chi connectivity index (χ0v) is 11.9. The number of ether oxygens (including phenoxy) is 1. The van der Waals surface area contributed by atoms with Crippen LogP contribution in [0.3, 0.4) is 0 Å². The van der Waals surface area contributed by atoms with Crippen LogP contribution in [0.1, 0.15) is 47.0 Å². The molecule has 0 bridgehead atoms. The van der Waals surface area contributed by atoms with Gasteiger partial charge in [-0.3, -0.25) is 0 Å². The second-order valence-corrected chi connectivity index (χ2v) is 7.77. The van der Waals surface area contributed by atoms with Crippen LogP contribution in [0.2, 0.25) is 0 Å². The lowest BCUT2D eigenvalue weighted by molar-refractivity contribution is -0.145. The molecule has 1 saturated heterocycles. The van der Waals surface area contributed by atoms with Gasteiger partial charge in [-0.15, -0.1) is 0 Å². The number of rotatable bonds is 1. The second-order valence-electron chi connectivity index (χ2n) is 7.77. The summed E-state index contributed by atoms with van der Waals surface area (Å²) in [7, 11) is 0. The van der Waals surface area contributed by atoms with Crippen molar-refractivity contribution in [2.24, 2.45) is 22.7 Å². The largest absolute Gasteiger partial charge is 0.396 e. The van der Waals surface area contributed by atoms with Crippen molar-refractivity contribution < 1.29 is 14.9 Å². The molecule has 1 heterocycles. The lowest BCUT2D eigenvalue weighted by Gasteiger charge is -2.58. The molecule has 3 aliphatic rings. The van der Waals surface area contributed by atoms with E-state index < -0.39 is 0 Å². The molecule has 3 heteroatoms. The Kier molecular flexibility index (Phi) is 2.51. The van der Waals surface area contributed by atoms with E-state index in [4.69, 9.17) is 4.74 Å². The van der Waals surface area contributed by atoms with E-state index in [-0.39, 0.29) is 47.1 Å². The molecule has 3 fully saturated rings. The van der Waals surface area contributed by atoms with E-state index in [1.54, 1.807) is 0 Å². The summed E-state index contributed by atoms with van der Waals surface area (Å²) in [5.41, 5.74) is -0.169. The molecule has 2 saturated carbocycles. The Morgan fingerprint density at radius 2 is 1.83 bits per heavy atom. The average molecular weight is 254 g/mol. The maximum absolute atomic E-state index is 10.7. The van der Waals surface area contributed by atoms with Gasteiger partial charge in [-0.05, 0) is 36.5 Å². The van der Waals surface area contributed by atoms with Crippen LogP contribution in [0.5, 0.6) is 0 Å². The van der Waals surface area contributed by atoms with Gasteiger partial charge in [-0.1, -0.05) is 27.2 Å². The zero-order valence-electron chi connectivity index (χ0n) is 11.9. The minimum absolute atomic E-state index is 0.00231. The van der Waals surface area contributed by atoms with E-state index in [2.05, 4.69) is 27.7 Å². The van der Waals surface area contributed by atoms with Crippen molar-refractivity contribution in [2.45, 2.75) is 64.8 Å². The van der Waals surface area contributed by atoms with Gasteiger partial charge in [-0.2, -0.15) is 0 Å². The van der Waals surface area contributed by atoms with Gasteiger partial charge < -0.3 is 14.9 Å². The molecule has 6 atom stereocenters. The van der Waals surface area contributed by atoms with Gasteiger partial charge in [0.15, 0.2) is 0 Å². The molecule has 0 spiro atoms. The van der Waals surface area contributed by atoms with Crippen molar-refractivity contribution in [3.05, 3.63) is 0 Å². The highest BCUT2D eigenvalue weighted by Gasteiger charge is 2.73. The maximum Gasteiger partial charge on any atom is 0.114 e. The third-order valence-corrected chi connectivity index (χ3v) is 6.30. The van der Waals surface area contributed by atoms with Crippen LogP contribution in [0.15, 0.2) is 0 Å². The first-order chi connectivity index (χ1) is 8.27. The number of epoxide rings is 1. The highest BCUT2D eigenvalue weighted by molar-refractivity contribution is 5.21. The van der Waals surface area contributed by atoms with Gasteiger partial charge in [-0.25, -0.2) is 0 Å². The quantitative estimate of drug-likeness (QED) is 0.703. The summed E-state index contributed by atoms with van der Waals surface area (Å²) in [5.74, 6) is 0.388. The van der Waals surface area contributed by atoms with Gasteiger partial charge in [0.1, 0.15) is 11.7 Å². The topological polar surface area (TPSA) is 53.0 Å². The van der Waals surface area contributed by atoms with E-state index in [0.717, 1.165) is 12.8 Å². The number of aliphatic hydroxyl groups excluding tert-OH is 2. The van der Waals surface area contributed by atoms with Crippen LogP contribution in [0.25, 0.3) is 0 Å². The number of hydrogen-bond acceptors (Lipinski definition) is 3. The maximum atomic E-state index is 10.7. The molecular formula is C15H26O3. The Hall–Kier alpha value is -0.120. The van der Waals surface area contributed by atoms with Gasteiger partial charge in [0.25, 0.3) is 0 Å². The minimum atomic E-state index is -0.377. The first-order valence-electron chi connectivity index (χ1n) is 7.24. The molecule has 2 aliphatic carbocycles. The molecule has 18 heavy (non-hydrogen) atoms. The van der Waals surface area contributed by atoms with E-state index in [9.17, 15) is 10.2 Å².